The number of hydrogen-bond acceptors (Lipinski definition) is 5. The van der Waals surface area contributed by atoms with E-state index in [-0.39, 0.29) is 6.61 Å². The Labute approximate surface area is 154 Å². The summed E-state index contributed by atoms with van der Waals surface area (Å²) in [4.78, 5) is 16.7. The van der Waals surface area contributed by atoms with Gasteiger partial charge in [0.25, 0.3) is 0 Å². The fourth-order valence-electron chi connectivity index (χ4n) is 2.56. The number of methoxy groups -OCH3 is 1. The van der Waals surface area contributed by atoms with Crippen molar-refractivity contribution in [2.75, 3.05) is 60.8 Å². The number of esters is 1. The van der Waals surface area contributed by atoms with Gasteiger partial charge < -0.3 is 28.8 Å². The van der Waals surface area contributed by atoms with Crippen LogP contribution >= 0.6 is 0 Å². The van der Waals surface area contributed by atoms with Crippen LogP contribution in [0, 0.1) is 0 Å². The number of ether oxygens (including phenoxy) is 4. The van der Waals surface area contributed by atoms with Crippen LogP contribution in [0.4, 0.5) is 0 Å². The molecule has 26 heavy (non-hydrogen) atoms. The van der Waals surface area contributed by atoms with Gasteiger partial charge in [0.05, 0.1) is 47.1 Å². The van der Waals surface area contributed by atoms with Crippen molar-refractivity contribution in [1.82, 2.24) is 4.98 Å². The summed E-state index contributed by atoms with van der Waals surface area (Å²) in [6.07, 6.45) is 2.89. The third-order valence-electron chi connectivity index (χ3n) is 3.89. The van der Waals surface area contributed by atoms with Crippen LogP contribution in [0.5, 0.6) is 5.75 Å². The lowest BCUT2D eigenvalue weighted by atomic mass is 10.1. The number of aromatic amines is 1. The maximum Gasteiger partial charge on any atom is 0.337 e. The van der Waals surface area contributed by atoms with E-state index in [4.69, 9.17) is 18.9 Å². The standard InChI is InChI=1S/C19H28N2O5/c1-21(2)8-7-15-13-20-16-5-4-6-17(19(15)16)26-18(22)14-25-12-11-24-10-9-23-3/h4-6,13,20H,7-12,14H2,1-3H3/p+1. The molecule has 0 unspecified atom stereocenters. The number of H-pyrrole nitrogens is 1. The minimum Gasteiger partial charge on any atom is -0.424 e. The molecule has 0 fully saturated rings. The van der Waals surface area contributed by atoms with Crippen LogP contribution in [0.3, 0.4) is 0 Å². The van der Waals surface area contributed by atoms with Crippen LogP contribution < -0.4 is 9.64 Å². The van der Waals surface area contributed by atoms with Gasteiger partial charge in [-0.15, -0.1) is 0 Å². The van der Waals surface area contributed by atoms with Crippen LogP contribution in [-0.2, 0) is 25.4 Å². The molecule has 2 aromatic rings. The van der Waals surface area contributed by atoms with E-state index >= 15 is 0 Å². The fraction of sp³-hybridized carbons (Fsp3) is 0.526. The summed E-state index contributed by atoms with van der Waals surface area (Å²) >= 11 is 0. The second kappa shape index (κ2) is 10.9. The van der Waals surface area contributed by atoms with Crippen molar-refractivity contribution in [3.8, 4) is 5.75 Å². The van der Waals surface area contributed by atoms with Crippen LogP contribution in [-0.4, -0.2) is 71.7 Å². The summed E-state index contributed by atoms with van der Waals surface area (Å²) in [5, 5.41) is 0.963. The molecule has 0 radical (unpaired) electrons. The lowest BCUT2D eigenvalue weighted by Crippen LogP contribution is -3.05. The van der Waals surface area contributed by atoms with Crippen LogP contribution in [0.25, 0.3) is 10.9 Å². The first-order chi connectivity index (χ1) is 12.6. The number of carbonyl (C=O) groups excluding carboxylic acids is 1. The maximum absolute atomic E-state index is 12.1. The van der Waals surface area contributed by atoms with Gasteiger partial charge in [-0.25, -0.2) is 4.79 Å². The number of nitrogens with one attached hydrogen (secondary N) is 2. The van der Waals surface area contributed by atoms with Gasteiger partial charge in [0, 0.05) is 30.6 Å². The van der Waals surface area contributed by atoms with Gasteiger partial charge in [-0.1, -0.05) is 6.07 Å². The van der Waals surface area contributed by atoms with Gasteiger partial charge in [0.1, 0.15) is 12.4 Å². The third kappa shape index (κ3) is 6.42. The van der Waals surface area contributed by atoms with E-state index in [1.165, 1.54) is 4.90 Å². The number of fused-ring (bicyclic) bond motifs is 1. The van der Waals surface area contributed by atoms with Gasteiger partial charge in [-0.2, -0.15) is 0 Å². The van der Waals surface area contributed by atoms with E-state index in [9.17, 15) is 4.79 Å². The molecule has 0 atom stereocenters. The summed E-state index contributed by atoms with van der Waals surface area (Å²) < 4.78 is 21.0. The van der Waals surface area contributed by atoms with Crippen molar-refractivity contribution in [3.63, 3.8) is 0 Å². The van der Waals surface area contributed by atoms with E-state index in [0.717, 1.165) is 29.4 Å². The molecule has 7 heteroatoms. The molecule has 0 spiro atoms. The highest BCUT2D eigenvalue weighted by Crippen LogP contribution is 2.29. The Kier molecular flexibility index (Phi) is 8.57. The number of aromatic nitrogens is 1. The van der Waals surface area contributed by atoms with E-state index in [0.29, 0.717) is 32.2 Å². The summed E-state index contributed by atoms with van der Waals surface area (Å²) in [7, 11) is 5.85. The highest BCUT2D eigenvalue weighted by molar-refractivity contribution is 5.91. The maximum atomic E-state index is 12.1. The Morgan fingerprint density at radius 3 is 2.65 bits per heavy atom. The number of likely N-dealkylation sites (N-methyl/N-ethyl adjacent to an activating group) is 1. The van der Waals surface area contributed by atoms with Crippen LogP contribution in [0.2, 0.25) is 0 Å². The molecule has 1 aromatic heterocycles. The normalized spacial score (nSPS) is 11.4. The van der Waals surface area contributed by atoms with Gasteiger partial charge in [0.15, 0.2) is 0 Å². The molecule has 0 aliphatic heterocycles. The van der Waals surface area contributed by atoms with E-state index in [1.807, 2.05) is 24.4 Å². The van der Waals surface area contributed by atoms with Crippen LogP contribution in [0.1, 0.15) is 5.56 Å². The number of rotatable bonds is 12. The van der Waals surface area contributed by atoms with Gasteiger partial charge in [-0.3, -0.25) is 0 Å². The van der Waals surface area contributed by atoms with E-state index < -0.39 is 5.97 Å². The fourth-order valence-corrected chi connectivity index (χ4v) is 2.56. The topological polar surface area (TPSA) is 74.2 Å². The van der Waals surface area contributed by atoms with Crippen molar-refractivity contribution in [2.24, 2.45) is 0 Å². The average Bonchev–Trinajstić information content (AvgIpc) is 3.03. The minimum atomic E-state index is -0.417. The van der Waals surface area contributed by atoms with E-state index in [1.54, 1.807) is 7.11 Å². The van der Waals surface area contributed by atoms with Crippen molar-refractivity contribution < 1.29 is 28.6 Å². The largest absolute Gasteiger partial charge is 0.424 e. The predicted molar refractivity (Wildman–Crippen MR) is 98.8 cm³/mol. The molecule has 2 rings (SSSR count). The average molecular weight is 365 g/mol. The van der Waals surface area contributed by atoms with Crippen molar-refractivity contribution in [2.45, 2.75) is 6.42 Å². The Bertz CT molecular complexity index is 684. The molecule has 0 bridgehead atoms. The monoisotopic (exact) mass is 365 g/mol. The molecular weight excluding hydrogens is 336 g/mol. The zero-order valence-corrected chi connectivity index (χ0v) is 15.8. The zero-order chi connectivity index (χ0) is 18.8. The number of benzene rings is 1. The third-order valence-corrected chi connectivity index (χ3v) is 3.89. The summed E-state index contributed by atoms with van der Waals surface area (Å²) in [5.74, 6) is 0.150. The first kappa shape index (κ1) is 20.4. The molecular formula is C19H29N2O5+. The van der Waals surface area contributed by atoms with Crippen molar-refractivity contribution >= 4 is 16.9 Å². The Balaban J connectivity index is 1.87. The molecule has 0 saturated heterocycles. The Hall–Kier alpha value is -1.93. The quantitative estimate of drug-likeness (QED) is 0.324. The second-order valence-electron chi connectivity index (χ2n) is 6.33. The summed E-state index contributed by atoms with van der Waals surface area (Å²) in [6, 6.07) is 5.66. The highest BCUT2D eigenvalue weighted by atomic mass is 16.6. The molecule has 0 aliphatic rings. The Morgan fingerprint density at radius 1 is 1.12 bits per heavy atom. The smallest absolute Gasteiger partial charge is 0.337 e. The van der Waals surface area contributed by atoms with Crippen molar-refractivity contribution in [3.05, 3.63) is 30.0 Å². The highest BCUT2D eigenvalue weighted by Gasteiger charge is 2.13. The number of quaternary nitrogens is 1. The summed E-state index contributed by atoms with van der Waals surface area (Å²) in [6.45, 7) is 2.70. The Morgan fingerprint density at radius 2 is 1.88 bits per heavy atom. The molecule has 144 valence electrons. The van der Waals surface area contributed by atoms with Crippen molar-refractivity contribution in [1.29, 1.82) is 0 Å². The van der Waals surface area contributed by atoms with E-state index in [2.05, 4.69) is 19.1 Å². The molecule has 0 amide bonds. The molecule has 1 heterocycles. The van der Waals surface area contributed by atoms with Gasteiger partial charge >= 0.3 is 5.97 Å². The zero-order valence-electron chi connectivity index (χ0n) is 15.8. The van der Waals surface area contributed by atoms with Gasteiger partial charge in [-0.05, 0) is 17.7 Å². The molecule has 0 saturated carbocycles. The molecule has 0 aliphatic carbocycles. The van der Waals surface area contributed by atoms with Gasteiger partial charge in [0.2, 0.25) is 0 Å². The lowest BCUT2D eigenvalue weighted by molar-refractivity contribution is -0.858. The number of carbonyl (C=O) groups is 1. The summed E-state index contributed by atoms with van der Waals surface area (Å²) in [5.41, 5.74) is 2.11. The molecule has 2 N–H and O–H groups in total. The number of hydrogen-bond donors (Lipinski definition) is 2. The molecule has 1 aromatic carbocycles. The van der Waals surface area contributed by atoms with Crippen LogP contribution in [0.15, 0.2) is 24.4 Å². The SMILES string of the molecule is COCCOCCOCC(=O)Oc1cccc2[nH]cc(CC[NH+](C)C)c12. The molecule has 7 nitrogen and oxygen atoms in total. The second-order valence-corrected chi connectivity index (χ2v) is 6.33. The lowest BCUT2D eigenvalue weighted by Gasteiger charge is -2.09. The predicted octanol–water partition coefficient (Wildman–Crippen LogP) is 0.440. The first-order valence-electron chi connectivity index (χ1n) is 8.85. The minimum absolute atomic E-state index is 0.106. The first-order valence-corrected chi connectivity index (χ1v) is 8.85.